The van der Waals surface area contributed by atoms with Gasteiger partial charge < -0.3 is 14.8 Å². The third-order valence-electron chi connectivity index (χ3n) is 2.99. The molecule has 0 amide bonds. The number of furan rings is 1. The summed E-state index contributed by atoms with van der Waals surface area (Å²) in [6.45, 7) is 3.74. The van der Waals surface area contributed by atoms with Crippen molar-refractivity contribution in [2.45, 2.75) is 20.0 Å². The molecule has 0 unspecified atom stereocenters. The first kappa shape index (κ1) is 13.1. The van der Waals surface area contributed by atoms with E-state index in [4.69, 9.17) is 4.42 Å². The maximum absolute atomic E-state index is 11.0. The van der Waals surface area contributed by atoms with E-state index in [-0.39, 0.29) is 0 Å². The quantitative estimate of drug-likeness (QED) is 0.821. The minimum absolute atomic E-state index is 0.362. The molecular weight excluding hydrogens is 244 g/mol. The maximum Gasteiger partial charge on any atom is 0.154 e. The number of carbonyl (C=O) groups is 1. The summed E-state index contributed by atoms with van der Waals surface area (Å²) < 4.78 is 5.40. The molecule has 1 aromatic carbocycles. The van der Waals surface area contributed by atoms with Crippen molar-refractivity contribution in [1.82, 2.24) is 0 Å². The Hall–Kier alpha value is -2.32. The molecule has 1 atom stereocenters. The molecule has 0 spiro atoms. The summed E-state index contributed by atoms with van der Waals surface area (Å²) in [6, 6.07) is 3.75. The predicted molar refractivity (Wildman–Crippen MR) is 71.2 cm³/mol. The molecule has 0 radical (unpaired) electrons. The van der Waals surface area contributed by atoms with E-state index >= 15 is 0 Å². The first-order valence-electron chi connectivity index (χ1n) is 5.90. The number of nitrogens with zero attached hydrogens (tertiary/aromatic N) is 1. The molecule has 5 nitrogen and oxygen atoms in total. The highest BCUT2D eigenvalue weighted by molar-refractivity contribution is 5.99. The highest BCUT2D eigenvalue weighted by Gasteiger charge is 2.15. The SMILES string of the molecule is Cc1c(C=O)cc2c(NC[C@@H](C)O)coc2c1C#N. The molecule has 98 valence electrons. The summed E-state index contributed by atoms with van der Waals surface area (Å²) in [7, 11) is 0. The molecule has 0 aliphatic heterocycles. The van der Waals surface area contributed by atoms with Gasteiger partial charge in [-0.2, -0.15) is 5.26 Å². The number of anilines is 1. The van der Waals surface area contributed by atoms with Gasteiger partial charge in [0.2, 0.25) is 0 Å². The van der Waals surface area contributed by atoms with Crippen molar-refractivity contribution in [3.05, 3.63) is 29.0 Å². The molecule has 0 bridgehead atoms. The summed E-state index contributed by atoms with van der Waals surface area (Å²) in [5, 5.41) is 22.1. The Morgan fingerprint density at radius 3 is 2.95 bits per heavy atom. The van der Waals surface area contributed by atoms with Crippen molar-refractivity contribution < 1.29 is 14.3 Å². The molecule has 0 aliphatic rings. The summed E-state index contributed by atoms with van der Waals surface area (Å²) >= 11 is 0. The van der Waals surface area contributed by atoms with Crippen LogP contribution in [0.25, 0.3) is 11.0 Å². The molecule has 0 saturated heterocycles. The number of rotatable bonds is 4. The second-order valence-corrected chi connectivity index (χ2v) is 4.45. The zero-order valence-corrected chi connectivity index (χ0v) is 10.7. The molecule has 2 rings (SSSR count). The van der Waals surface area contributed by atoms with Crippen LogP contribution in [-0.4, -0.2) is 24.0 Å². The van der Waals surface area contributed by atoms with Gasteiger partial charge >= 0.3 is 0 Å². The molecule has 0 aliphatic carbocycles. The summed E-state index contributed by atoms with van der Waals surface area (Å²) in [5.41, 5.74) is 2.56. The zero-order valence-electron chi connectivity index (χ0n) is 10.7. The van der Waals surface area contributed by atoms with Gasteiger partial charge in [0.1, 0.15) is 18.6 Å². The second kappa shape index (κ2) is 5.12. The number of nitrogens with one attached hydrogen (secondary N) is 1. The smallest absolute Gasteiger partial charge is 0.154 e. The lowest BCUT2D eigenvalue weighted by atomic mass is 10.0. The van der Waals surface area contributed by atoms with Gasteiger partial charge in [0.15, 0.2) is 5.58 Å². The van der Waals surface area contributed by atoms with Crippen LogP contribution in [0, 0.1) is 18.3 Å². The Morgan fingerprint density at radius 2 is 2.37 bits per heavy atom. The number of benzene rings is 1. The molecule has 0 fully saturated rings. The fourth-order valence-electron chi connectivity index (χ4n) is 1.93. The van der Waals surface area contributed by atoms with Gasteiger partial charge in [-0.05, 0) is 25.5 Å². The minimum Gasteiger partial charge on any atom is -0.461 e. The Morgan fingerprint density at radius 1 is 1.63 bits per heavy atom. The molecule has 5 heteroatoms. The van der Waals surface area contributed by atoms with Crippen LogP contribution in [-0.2, 0) is 0 Å². The van der Waals surface area contributed by atoms with E-state index < -0.39 is 6.10 Å². The number of aldehydes is 1. The monoisotopic (exact) mass is 258 g/mol. The van der Waals surface area contributed by atoms with E-state index in [0.717, 1.165) is 6.29 Å². The van der Waals surface area contributed by atoms with Crippen molar-refractivity contribution in [1.29, 1.82) is 5.26 Å². The Bertz CT molecular complexity index is 665. The maximum atomic E-state index is 11.0. The van der Waals surface area contributed by atoms with Crippen LogP contribution in [0.15, 0.2) is 16.7 Å². The Balaban J connectivity index is 2.59. The van der Waals surface area contributed by atoms with Gasteiger partial charge in [0.25, 0.3) is 0 Å². The van der Waals surface area contributed by atoms with Crippen molar-refractivity contribution in [2.24, 2.45) is 0 Å². The van der Waals surface area contributed by atoms with Gasteiger partial charge in [0, 0.05) is 17.5 Å². The Kier molecular flexibility index (Phi) is 3.54. The van der Waals surface area contributed by atoms with E-state index in [1.165, 1.54) is 6.26 Å². The molecule has 2 aromatic rings. The lowest BCUT2D eigenvalue weighted by Gasteiger charge is -2.07. The molecule has 0 saturated carbocycles. The number of aliphatic hydroxyl groups is 1. The van der Waals surface area contributed by atoms with Crippen LogP contribution in [0.4, 0.5) is 5.69 Å². The lowest BCUT2D eigenvalue weighted by molar-refractivity contribution is 0.112. The van der Waals surface area contributed by atoms with Crippen LogP contribution in [0.5, 0.6) is 0 Å². The summed E-state index contributed by atoms with van der Waals surface area (Å²) in [6.07, 6.45) is 1.71. The molecule has 19 heavy (non-hydrogen) atoms. The van der Waals surface area contributed by atoms with Crippen molar-refractivity contribution in [3.8, 4) is 6.07 Å². The van der Waals surface area contributed by atoms with Crippen LogP contribution < -0.4 is 5.32 Å². The topological polar surface area (TPSA) is 86.3 Å². The average molecular weight is 258 g/mol. The third kappa shape index (κ3) is 2.30. The number of nitriles is 1. The Labute approximate surface area is 110 Å². The van der Waals surface area contributed by atoms with E-state index in [9.17, 15) is 15.2 Å². The number of hydrogen-bond acceptors (Lipinski definition) is 5. The van der Waals surface area contributed by atoms with Gasteiger partial charge in [-0.1, -0.05) is 0 Å². The van der Waals surface area contributed by atoms with E-state index in [1.54, 1.807) is 19.9 Å². The minimum atomic E-state index is -0.503. The first-order valence-corrected chi connectivity index (χ1v) is 5.90. The lowest BCUT2D eigenvalue weighted by Crippen LogP contribution is -2.14. The molecular formula is C14H14N2O3. The van der Waals surface area contributed by atoms with Crippen LogP contribution in [0.3, 0.4) is 0 Å². The summed E-state index contributed by atoms with van der Waals surface area (Å²) in [4.78, 5) is 11.0. The van der Waals surface area contributed by atoms with Crippen LogP contribution >= 0.6 is 0 Å². The number of aliphatic hydroxyl groups excluding tert-OH is 1. The van der Waals surface area contributed by atoms with Gasteiger partial charge in [-0.3, -0.25) is 4.79 Å². The van der Waals surface area contributed by atoms with Crippen molar-refractivity contribution >= 4 is 22.9 Å². The largest absolute Gasteiger partial charge is 0.461 e. The normalized spacial score (nSPS) is 12.1. The average Bonchev–Trinajstić information content (AvgIpc) is 2.78. The number of carbonyl (C=O) groups excluding carboxylic acids is 1. The highest BCUT2D eigenvalue weighted by Crippen LogP contribution is 2.31. The highest BCUT2D eigenvalue weighted by atomic mass is 16.3. The fourth-order valence-corrected chi connectivity index (χ4v) is 1.93. The molecule has 2 N–H and O–H groups in total. The van der Waals surface area contributed by atoms with Crippen LogP contribution in [0.1, 0.15) is 28.4 Å². The summed E-state index contributed by atoms with van der Waals surface area (Å²) in [5.74, 6) is 0. The van der Waals surface area contributed by atoms with Gasteiger partial charge in [0.05, 0.1) is 17.4 Å². The van der Waals surface area contributed by atoms with Crippen molar-refractivity contribution in [3.63, 3.8) is 0 Å². The number of fused-ring (bicyclic) bond motifs is 1. The number of hydrogen-bond donors (Lipinski definition) is 2. The van der Waals surface area contributed by atoms with E-state index in [1.807, 2.05) is 0 Å². The predicted octanol–water partition coefficient (Wildman–Crippen LogP) is 2.22. The third-order valence-corrected chi connectivity index (χ3v) is 2.99. The second-order valence-electron chi connectivity index (χ2n) is 4.45. The molecule has 1 aromatic heterocycles. The van der Waals surface area contributed by atoms with Crippen LogP contribution in [0.2, 0.25) is 0 Å². The van der Waals surface area contributed by atoms with Crippen molar-refractivity contribution in [2.75, 3.05) is 11.9 Å². The first-order chi connectivity index (χ1) is 9.08. The van der Waals surface area contributed by atoms with Gasteiger partial charge in [-0.15, -0.1) is 0 Å². The van der Waals surface area contributed by atoms with E-state index in [2.05, 4.69) is 11.4 Å². The van der Waals surface area contributed by atoms with E-state index in [0.29, 0.717) is 39.9 Å². The fraction of sp³-hybridized carbons (Fsp3) is 0.286. The zero-order chi connectivity index (χ0) is 14.0. The molecule has 1 heterocycles. The standard InChI is InChI=1S/C14H14N2O3/c1-8(18)5-16-13-7-19-14-11(13)3-10(6-17)9(2)12(14)4-15/h3,6-8,16,18H,5H2,1-2H3/t8-/m1/s1. The van der Waals surface area contributed by atoms with Gasteiger partial charge in [-0.25, -0.2) is 0 Å².